The molecule has 0 heterocycles. The number of benzene rings is 1. The van der Waals surface area contributed by atoms with Gasteiger partial charge in [-0.15, -0.1) is 0 Å². The summed E-state index contributed by atoms with van der Waals surface area (Å²) < 4.78 is 0. The summed E-state index contributed by atoms with van der Waals surface area (Å²) >= 11 is 0. The predicted octanol–water partition coefficient (Wildman–Crippen LogP) is 2.37. The third-order valence-corrected chi connectivity index (χ3v) is 3.53. The second kappa shape index (κ2) is 8.02. The van der Waals surface area contributed by atoms with Gasteiger partial charge < -0.3 is 15.5 Å². The van der Waals surface area contributed by atoms with E-state index in [1.165, 1.54) is 0 Å². The molecule has 4 nitrogen and oxygen atoms in total. The molecule has 0 saturated heterocycles. The first-order valence-electron chi connectivity index (χ1n) is 7.12. The fraction of sp³-hybridized carbons (Fsp3) is 0.562. The Morgan fingerprint density at radius 1 is 1.30 bits per heavy atom. The Balaban J connectivity index is 2.25. The molecule has 1 aromatic rings. The molecule has 2 atom stereocenters. The average Bonchev–Trinajstić information content (AvgIpc) is 2.42. The smallest absolute Gasteiger partial charge is 0.303 e. The highest BCUT2D eigenvalue weighted by molar-refractivity contribution is 5.66. The highest BCUT2D eigenvalue weighted by Gasteiger charge is 2.21. The Bertz CT molecular complexity index is 403. The van der Waals surface area contributed by atoms with E-state index in [1.807, 2.05) is 30.3 Å². The third-order valence-electron chi connectivity index (χ3n) is 3.53. The molecule has 0 aliphatic heterocycles. The van der Waals surface area contributed by atoms with Gasteiger partial charge in [-0.05, 0) is 37.8 Å². The van der Waals surface area contributed by atoms with Crippen LogP contribution >= 0.6 is 0 Å². The number of carboxylic acid groups (broad SMARTS) is 1. The van der Waals surface area contributed by atoms with Crippen molar-refractivity contribution in [2.24, 2.45) is 5.92 Å². The van der Waals surface area contributed by atoms with Gasteiger partial charge in [-0.1, -0.05) is 37.3 Å². The van der Waals surface area contributed by atoms with Crippen LogP contribution in [0.3, 0.4) is 0 Å². The van der Waals surface area contributed by atoms with Crippen molar-refractivity contribution in [3.8, 4) is 0 Å². The van der Waals surface area contributed by atoms with Gasteiger partial charge in [-0.3, -0.25) is 4.79 Å². The quantitative estimate of drug-likeness (QED) is 0.607. The molecule has 0 amide bonds. The molecule has 112 valence electrons. The van der Waals surface area contributed by atoms with Crippen LogP contribution in [0.4, 0.5) is 0 Å². The van der Waals surface area contributed by atoms with Crippen LogP contribution in [0.2, 0.25) is 0 Å². The lowest BCUT2D eigenvalue weighted by molar-refractivity contribution is -0.137. The molecule has 1 aromatic carbocycles. The van der Waals surface area contributed by atoms with Crippen LogP contribution in [-0.2, 0) is 10.4 Å². The standard InChI is InChI=1S/C16H25NO3/c1-13(8-9-15(18)19)10-11-17-12-16(2,20)14-6-4-3-5-7-14/h3-7,13,17,20H,8-12H2,1-2H3,(H,18,19). The Morgan fingerprint density at radius 3 is 2.55 bits per heavy atom. The molecule has 0 saturated carbocycles. The minimum absolute atomic E-state index is 0.225. The van der Waals surface area contributed by atoms with Gasteiger partial charge >= 0.3 is 5.97 Å². The summed E-state index contributed by atoms with van der Waals surface area (Å²) in [5, 5.41) is 22.3. The van der Waals surface area contributed by atoms with Crippen LogP contribution in [0.5, 0.6) is 0 Å². The number of hydrogen-bond donors (Lipinski definition) is 3. The summed E-state index contributed by atoms with van der Waals surface area (Å²) in [5.41, 5.74) is 0.0115. The molecule has 0 aliphatic carbocycles. The van der Waals surface area contributed by atoms with Gasteiger partial charge in [0.15, 0.2) is 0 Å². The maximum atomic E-state index is 10.5. The van der Waals surface area contributed by atoms with Crippen molar-refractivity contribution in [3.05, 3.63) is 35.9 Å². The van der Waals surface area contributed by atoms with Gasteiger partial charge in [-0.2, -0.15) is 0 Å². The van der Waals surface area contributed by atoms with Crippen LogP contribution < -0.4 is 5.32 Å². The molecule has 0 bridgehead atoms. The van der Waals surface area contributed by atoms with Gasteiger partial charge in [0.2, 0.25) is 0 Å². The number of rotatable bonds is 9. The fourth-order valence-electron chi connectivity index (χ4n) is 2.09. The minimum Gasteiger partial charge on any atom is -0.481 e. The zero-order valence-electron chi connectivity index (χ0n) is 12.3. The lowest BCUT2D eigenvalue weighted by Crippen LogP contribution is -2.36. The Labute approximate surface area is 120 Å². The van der Waals surface area contributed by atoms with E-state index < -0.39 is 11.6 Å². The molecule has 2 unspecified atom stereocenters. The predicted molar refractivity (Wildman–Crippen MR) is 79.5 cm³/mol. The van der Waals surface area contributed by atoms with Crippen LogP contribution in [0.1, 0.15) is 38.7 Å². The van der Waals surface area contributed by atoms with E-state index >= 15 is 0 Å². The van der Waals surface area contributed by atoms with Crippen LogP contribution in [0, 0.1) is 5.92 Å². The highest BCUT2D eigenvalue weighted by atomic mass is 16.4. The second-order valence-corrected chi connectivity index (χ2v) is 5.64. The summed E-state index contributed by atoms with van der Waals surface area (Å²) in [6.07, 6.45) is 1.84. The number of aliphatic carboxylic acids is 1. The van der Waals surface area contributed by atoms with Crippen molar-refractivity contribution >= 4 is 5.97 Å². The first kappa shape index (κ1) is 16.7. The molecule has 3 N–H and O–H groups in total. The minimum atomic E-state index is -0.883. The molecule has 0 fully saturated rings. The van der Waals surface area contributed by atoms with Gasteiger partial charge in [0.25, 0.3) is 0 Å². The molecule has 0 aliphatic rings. The van der Waals surface area contributed by atoms with E-state index in [1.54, 1.807) is 6.92 Å². The number of hydrogen-bond acceptors (Lipinski definition) is 3. The van der Waals surface area contributed by atoms with Crippen LogP contribution in [-0.4, -0.2) is 29.3 Å². The van der Waals surface area contributed by atoms with E-state index in [0.717, 1.165) is 18.5 Å². The largest absolute Gasteiger partial charge is 0.481 e. The van der Waals surface area contributed by atoms with E-state index in [-0.39, 0.29) is 6.42 Å². The summed E-state index contributed by atoms with van der Waals surface area (Å²) in [7, 11) is 0. The van der Waals surface area contributed by atoms with E-state index in [0.29, 0.717) is 18.9 Å². The van der Waals surface area contributed by atoms with Crippen molar-refractivity contribution in [1.29, 1.82) is 0 Å². The summed E-state index contributed by atoms with van der Waals surface area (Å²) in [6, 6.07) is 9.58. The molecule has 0 aromatic heterocycles. The molecule has 0 spiro atoms. The second-order valence-electron chi connectivity index (χ2n) is 5.64. The van der Waals surface area contributed by atoms with Crippen molar-refractivity contribution < 1.29 is 15.0 Å². The highest BCUT2D eigenvalue weighted by Crippen LogP contribution is 2.19. The molecule has 20 heavy (non-hydrogen) atoms. The van der Waals surface area contributed by atoms with Crippen LogP contribution in [0.15, 0.2) is 30.3 Å². The fourth-order valence-corrected chi connectivity index (χ4v) is 2.09. The third kappa shape index (κ3) is 6.17. The van der Waals surface area contributed by atoms with Gasteiger partial charge in [0, 0.05) is 13.0 Å². The topological polar surface area (TPSA) is 69.6 Å². The first-order chi connectivity index (χ1) is 9.42. The monoisotopic (exact) mass is 279 g/mol. The van der Waals surface area contributed by atoms with Crippen molar-refractivity contribution in [1.82, 2.24) is 5.32 Å². The van der Waals surface area contributed by atoms with Crippen molar-refractivity contribution in [2.45, 2.75) is 38.7 Å². The maximum Gasteiger partial charge on any atom is 0.303 e. The zero-order valence-corrected chi connectivity index (χ0v) is 12.3. The molecule has 0 radical (unpaired) electrons. The van der Waals surface area contributed by atoms with E-state index in [9.17, 15) is 9.90 Å². The zero-order chi connectivity index (χ0) is 15.0. The number of aliphatic hydroxyl groups is 1. The summed E-state index contributed by atoms with van der Waals surface area (Å²) in [6.45, 7) is 5.12. The molecule has 1 rings (SSSR count). The molecular formula is C16H25NO3. The Hall–Kier alpha value is -1.39. The van der Waals surface area contributed by atoms with Gasteiger partial charge in [-0.25, -0.2) is 0 Å². The van der Waals surface area contributed by atoms with Gasteiger partial charge in [0.05, 0.1) is 5.60 Å². The first-order valence-corrected chi connectivity index (χ1v) is 7.12. The summed E-state index contributed by atoms with van der Waals surface area (Å²) in [4.78, 5) is 10.5. The SMILES string of the molecule is CC(CCNCC(C)(O)c1ccccc1)CCC(=O)O. The van der Waals surface area contributed by atoms with E-state index in [2.05, 4.69) is 12.2 Å². The Morgan fingerprint density at radius 2 is 1.95 bits per heavy atom. The summed E-state index contributed by atoms with van der Waals surface area (Å²) in [5.74, 6) is -0.364. The Kier molecular flexibility index (Phi) is 6.68. The number of carboxylic acids is 1. The average molecular weight is 279 g/mol. The maximum absolute atomic E-state index is 10.5. The lowest BCUT2D eigenvalue weighted by Gasteiger charge is -2.24. The number of nitrogens with one attached hydrogen (secondary N) is 1. The van der Waals surface area contributed by atoms with Gasteiger partial charge in [0.1, 0.15) is 0 Å². The van der Waals surface area contributed by atoms with E-state index in [4.69, 9.17) is 5.11 Å². The normalized spacial score (nSPS) is 15.6. The lowest BCUT2D eigenvalue weighted by atomic mass is 9.96. The van der Waals surface area contributed by atoms with Crippen molar-refractivity contribution in [2.75, 3.05) is 13.1 Å². The molecular weight excluding hydrogens is 254 g/mol. The van der Waals surface area contributed by atoms with Crippen LogP contribution in [0.25, 0.3) is 0 Å². The molecule has 4 heteroatoms. The van der Waals surface area contributed by atoms with Crippen molar-refractivity contribution in [3.63, 3.8) is 0 Å². The number of carbonyl (C=O) groups is 1.